The van der Waals surface area contributed by atoms with E-state index < -0.39 is 0 Å². The first kappa shape index (κ1) is 25.4. The second-order valence-corrected chi connectivity index (χ2v) is 11.7. The molecular weight excluding hydrogens is 559 g/mol. The number of anilines is 3. The van der Waals surface area contributed by atoms with Crippen molar-refractivity contribution in [3.8, 4) is 0 Å². The maximum Gasteiger partial charge on any atom is 0.133 e. The van der Waals surface area contributed by atoms with Crippen LogP contribution in [0.2, 0.25) is 0 Å². The fraction of sp³-hybridized carbons (Fsp3) is 0.448. The van der Waals surface area contributed by atoms with Crippen LogP contribution in [0.5, 0.6) is 0 Å². The molecule has 0 bridgehead atoms. The molecule has 2 aliphatic rings. The zero-order chi connectivity index (χ0) is 25.3. The van der Waals surface area contributed by atoms with Crippen LogP contribution in [0.25, 0.3) is 0 Å². The van der Waals surface area contributed by atoms with Crippen LogP contribution < -0.4 is 10.2 Å². The van der Waals surface area contributed by atoms with Gasteiger partial charge in [0, 0.05) is 78.3 Å². The Labute approximate surface area is 229 Å². The molecular formula is C29H37IN6. The zero-order valence-corrected chi connectivity index (χ0v) is 24.0. The molecule has 0 fully saturated rings. The highest BCUT2D eigenvalue weighted by Gasteiger charge is 2.31. The molecule has 0 saturated heterocycles. The highest BCUT2D eigenvalue weighted by molar-refractivity contribution is 14.1. The Kier molecular flexibility index (Phi) is 7.51. The van der Waals surface area contributed by atoms with Crippen molar-refractivity contribution in [3.63, 3.8) is 0 Å². The number of benzene rings is 1. The minimum atomic E-state index is 0.147. The van der Waals surface area contributed by atoms with Crippen LogP contribution >= 0.6 is 22.6 Å². The quantitative estimate of drug-likeness (QED) is 0.293. The van der Waals surface area contributed by atoms with E-state index >= 15 is 0 Å². The standard InChI is InChI=1S/C29H37IN6/c1-29(2)20-35(15-14-34(3)4)18-23-16-24(7-8-26(23)29)33-27-25-10-13-36(19-22(25)9-12-31-27)28-21(17-30)6-5-11-32-28/h5-9,11-12,16H,10,13-15,17-20H2,1-4H3,(H,31,33). The molecule has 7 heteroatoms. The maximum atomic E-state index is 4.76. The molecule has 2 aliphatic heterocycles. The van der Waals surface area contributed by atoms with Crippen LogP contribution in [0.3, 0.4) is 0 Å². The van der Waals surface area contributed by atoms with E-state index in [0.29, 0.717) is 0 Å². The fourth-order valence-corrected chi connectivity index (χ4v) is 6.23. The van der Waals surface area contributed by atoms with E-state index in [-0.39, 0.29) is 5.41 Å². The molecule has 190 valence electrons. The van der Waals surface area contributed by atoms with Crippen LogP contribution in [0.4, 0.5) is 17.3 Å². The van der Waals surface area contributed by atoms with Gasteiger partial charge >= 0.3 is 0 Å². The van der Waals surface area contributed by atoms with Gasteiger partial charge in [-0.1, -0.05) is 48.6 Å². The minimum Gasteiger partial charge on any atom is -0.352 e. The summed E-state index contributed by atoms with van der Waals surface area (Å²) in [7, 11) is 4.30. The Balaban J connectivity index is 1.36. The van der Waals surface area contributed by atoms with Gasteiger partial charge in [-0.15, -0.1) is 0 Å². The fourth-order valence-electron chi connectivity index (χ4n) is 5.64. The van der Waals surface area contributed by atoms with E-state index in [9.17, 15) is 0 Å². The number of likely N-dealkylation sites (N-methyl/N-ethyl adjacent to an activating group) is 1. The van der Waals surface area contributed by atoms with Crippen molar-refractivity contribution in [2.75, 3.05) is 50.5 Å². The van der Waals surface area contributed by atoms with Gasteiger partial charge in [-0.05, 0) is 61.5 Å². The summed E-state index contributed by atoms with van der Waals surface area (Å²) in [5.74, 6) is 2.10. The van der Waals surface area contributed by atoms with E-state index in [2.05, 4.69) is 101 Å². The lowest BCUT2D eigenvalue weighted by Gasteiger charge is -2.40. The van der Waals surface area contributed by atoms with Gasteiger partial charge in [-0.2, -0.15) is 0 Å². The third-order valence-corrected chi connectivity index (χ3v) is 8.25. The summed E-state index contributed by atoms with van der Waals surface area (Å²) in [6.07, 6.45) is 4.80. The summed E-state index contributed by atoms with van der Waals surface area (Å²) in [5, 5.41) is 3.68. The molecule has 5 rings (SSSR count). The number of nitrogens with zero attached hydrogens (tertiary/aromatic N) is 5. The van der Waals surface area contributed by atoms with Crippen LogP contribution in [-0.2, 0) is 29.4 Å². The number of pyridine rings is 2. The van der Waals surface area contributed by atoms with Crippen LogP contribution in [0, 0.1) is 0 Å². The number of nitrogens with one attached hydrogen (secondary N) is 1. The van der Waals surface area contributed by atoms with Crippen molar-refractivity contribution in [1.82, 2.24) is 19.8 Å². The molecule has 0 radical (unpaired) electrons. The Hall–Kier alpha value is -2.23. The first-order valence-corrected chi connectivity index (χ1v) is 14.4. The molecule has 1 N–H and O–H groups in total. The van der Waals surface area contributed by atoms with E-state index in [0.717, 1.165) is 67.4 Å². The predicted octanol–water partition coefficient (Wildman–Crippen LogP) is 5.37. The van der Waals surface area contributed by atoms with Crippen LogP contribution in [0.15, 0.2) is 48.8 Å². The average Bonchev–Trinajstić information content (AvgIpc) is 2.86. The first-order valence-electron chi connectivity index (χ1n) is 12.8. The molecule has 0 aliphatic carbocycles. The lowest BCUT2D eigenvalue weighted by molar-refractivity contribution is 0.178. The summed E-state index contributed by atoms with van der Waals surface area (Å²) in [6.45, 7) is 10.8. The highest BCUT2D eigenvalue weighted by atomic mass is 127. The average molecular weight is 597 g/mol. The lowest BCUT2D eigenvalue weighted by atomic mass is 9.78. The van der Waals surface area contributed by atoms with Crippen molar-refractivity contribution in [2.24, 2.45) is 0 Å². The van der Waals surface area contributed by atoms with E-state index in [1.54, 1.807) is 0 Å². The maximum absolute atomic E-state index is 4.76. The SMILES string of the molecule is CN(C)CCN1Cc2cc(Nc3nccc4c3CCN(c3ncccc3CI)C4)ccc2C(C)(C)C1. The minimum absolute atomic E-state index is 0.147. The molecule has 4 heterocycles. The Bertz CT molecular complexity index is 1220. The number of hydrogen-bond donors (Lipinski definition) is 1. The van der Waals surface area contributed by atoms with Crippen molar-refractivity contribution in [3.05, 3.63) is 76.6 Å². The van der Waals surface area contributed by atoms with Gasteiger partial charge in [0.2, 0.25) is 0 Å². The number of halogens is 1. The summed E-state index contributed by atoms with van der Waals surface area (Å²) in [5.41, 5.74) is 8.12. The first-order chi connectivity index (χ1) is 17.3. The number of alkyl halides is 1. The van der Waals surface area contributed by atoms with Gasteiger partial charge in [0.15, 0.2) is 0 Å². The van der Waals surface area contributed by atoms with E-state index in [4.69, 9.17) is 9.97 Å². The molecule has 1 aromatic carbocycles. The van der Waals surface area contributed by atoms with Gasteiger partial charge in [-0.25, -0.2) is 9.97 Å². The third-order valence-electron chi connectivity index (χ3n) is 7.43. The van der Waals surface area contributed by atoms with Gasteiger partial charge < -0.3 is 15.1 Å². The Morgan fingerprint density at radius 3 is 2.72 bits per heavy atom. The van der Waals surface area contributed by atoms with E-state index in [1.165, 1.54) is 27.8 Å². The highest BCUT2D eigenvalue weighted by Crippen LogP contribution is 2.36. The van der Waals surface area contributed by atoms with Crippen molar-refractivity contribution >= 4 is 39.9 Å². The summed E-state index contributed by atoms with van der Waals surface area (Å²) < 4.78 is 0.967. The number of hydrogen-bond acceptors (Lipinski definition) is 6. The molecule has 2 aromatic heterocycles. The molecule has 0 unspecified atom stereocenters. The molecule has 6 nitrogen and oxygen atoms in total. The zero-order valence-electron chi connectivity index (χ0n) is 21.9. The van der Waals surface area contributed by atoms with E-state index in [1.807, 2.05) is 18.5 Å². The van der Waals surface area contributed by atoms with Crippen molar-refractivity contribution in [2.45, 2.75) is 43.2 Å². The molecule has 0 atom stereocenters. The predicted molar refractivity (Wildman–Crippen MR) is 158 cm³/mol. The van der Waals surface area contributed by atoms with Gasteiger partial charge in [-0.3, -0.25) is 4.90 Å². The Morgan fingerprint density at radius 1 is 1.06 bits per heavy atom. The van der Waals surface area contributed by atoms with Gasteiger partial charge in [0.1, 0.15) is 11.6 Å². The molecule has 0 saturated carbocycles. The summed E-state index contributed by atoms with van der Waals surface area (Å²) in [4.78, 5) is 16.7. The smallest absolute Gasteiger partial charge is 0.133 e. The molecule has 0 amide bonds. The van der Waals surface area contributed by atoms with Crippen molar-refractivity contribution < 1.29 is 0 Å². The van der Waals surface area contributed by atoms with Crippen LogP contribution in [-0.4, -0.2) is 60.0 Å². The van der Waals surface area contributed by atoms with Crippen molar-refractivity contribution in [1.29, 1.82) is 0 Å². The molecule has 0 spiro atoms. The molecule has 36 heavy (non-hydrogen) atoms. The number of fused-ring (bicyclic) bond motifs is 2. The number of aromatic nitrogens is 2. The monoisotopic (exact) mass is 596 g/mol. The second kappa shape index (κ2) is 10.6. The summed E-state index contributed by atoms with van der Waals surface area (Å²) >= 11 is 2.43. The summed E-state index contributed by atoms with van der Waals surface area (Å²) in [6, 6.07) is 13.3. The topological polar surface area (TPSA) is 47.5 Å². The molecule has 3 aromatic rings. The van der Waals surface area contributed by atoms with Gasteiger partial charge in [0.25, 0.3) is 0 Å². The van der Waals surface area contributed by atoms with Gasteiger partial charge in [0.05, 0.1) is 0 Å². The number of rotatable bonds is 7. The third kappa shape index (κ3) is 5.38. The largest absolute Gasteiger partial charge is 0.352 e. The van der Waals surface area contributed by atoms with Crippen LogP contribution in [0.1, 0.15) is 41.7 Å². The lowest BCUT2D eigenvalue weighted by Crippen LogP contribution is -2.44. The normalized spacial score (nSPS) is 17.1. The second-order valence-electron chi connectivity index (χ2n) is 11.0. The Morgan fingerprint density at radius 2 is 1.92 bits per heavy atom.